The van der Waals surface area contributed by atoms with Crippen LogP contribution in [0.1, 0.15) is 21.6 Å². The van der Waals surface area contributed by atoms with Gasteiger partial charge in [0.1, 0.15) is 5.75 Å². The Morgan fingerprint density at radius 2 is 1.81 bits per heavy atom. The van der Waals surface area contributed by atoms with Crippen LogP contribution < -0.4 is 10.1 Å². The molecule has 2 aromatic carbocycles. The van der Waals surface area contributed by atoms with E-state index in [9.17, 15) is 13.6 Å². The molecule has 0 aliphatic rings. The fourth-order valence-corrected chi connectivity index (χ4v) is 2.47. The Balaban J connectivity index is 1.59. The summed E-state index contributed by atoms with van der Waals surface area (Å²) in [6, 6.07) is 15.1. The van der Waals surface area contributed by atoms with E-state index in [0.29, 0.717) is 5.56 Å². The summed E-state index contributed by atoms with van der Waals surface area (Å²) in [7, 11) is 0. The zero-order valence-corrected chi connectivity index (χ0v) is 14.0. The number of hydrogen-bond donors (Lipinski definition) is 1. The first-order valence-corrected chi connectivity index (χ1v) is 7.96. The van der Waals surface area contributed by atoms with Crippen LogP contribution in [0.15, 0.2) is 60.8 Å². The lowest BCUT2D eigenvalue weighted by Crippen LogP contribution is -2.22. The number of amides is 1. The summed E-state index contributed by atoms with van der Waals surface area (Å²) in [6.45, 7) is -0.618. The summed E-state index contributed by atoms with van der Waals surface area (Å²) in [6.07, 6.45) is 1.72. The number of benzene rings is 2. The van der Waals surface area contributed by atoms with Crippen LogP contribution in [0.3, 0.4) is 0 Å². The Labute approximate surface area is 149 Å². The maximum Gasteiger partial charge on any atom is 0.387 e. The van der Waals surface area contributed by atoms with E-state index >= 15 is 0 Å². The number of aromatic nitrogens is 2. The van der Waals surface area contributed by atoms with Crippen LogP contribution in [0.5, 0.6) is 5.75 Å². The number of rotatable bonds is 6. The van der Waals surface area contributed by atoms with E-state index in [1.54, 1.807) is 35.1 Å². The molecule has 0 radical (unpaired) electrons. The molecule has 7 heteroatoms. The molecule has 26 heavy (non-hydrogen) atoms. The third-order valence-electron chi connectivity index (χ3n) is 3.81. The quantitative estimate of drug-likeness (QED) is 0.732. The molecule has 0 saturated carbocycles. The van der Waals surface area contributed by atoms with Crippen molar-refractivity contribution in [2.24, 2.45) is 0 Å². The van der Waals surface area contributed by atoms with Crippen molar-refractivity contribution in [1.82, 2.24) is 15.1 Å². The largest absolute Gasteiger partial charge is 0.435 e. The minimum atomic E-state index is -2.85. The van der Waals surface area contributed by atoms with E-state index in [1.165, 1.54) is 12.1 Å². The highest BCUT2D eigenvalue weighted by Crippen LogP contribution is 2.15. The Kier molecular flexibility index (Phi) is 5.26. The van der Waals surface area contributed by atoms with Crippen LogP contribution in [-0.2, 0) is 6.54 Å². The molecule has 1 N–H and O–H groups in total. The monoisotopic (exact) mass is 357 g/mol. The lowest BCUT2D eigenvalue weighted by atomic mass is 10.1. The van der Waals surface area contributed by atoms with Gasteiger partial charge in [-0.1, -0.05) is 12.1 Å². The number of halogens is 2. The van der Waals surface area contributed by atoms with Crippen LogP contribution >= 0.6 is 0 Å². The van der Waals surface area contributed by atoms with Crippen molar-refractivity contribution in [2.75, 3.05) is 0 Å². The predicted molar refractivity (Wildman–Crippen MR) is 92.5 cm³/mol. The van der Waals surface area contributed by atoms with Crippen molar-refractivity contribution in [3.8, 4) is 11.4 Å². The van der Waals surface area contributed by atoms with Crippen molar-refractivity contribution in [1.29, 1.82) is 0 Å². The van der Waals surface area contributed by atoms with E-state index in [4.69, 9.17) is 0 Å². The van der Waals surface area contributed by atoms with E-state index in [-0.39, 0.29) is 18.2 Å². The smallest absolute Gasteiger partial charge is 0.387 e. The molecule has 3 aromatic rings. The van der Waals surface area contributed by atoms with Crippen LogP contribution in [0.25, 0.3) is 5.69 Å². The van der Waals surface area contributed by atoms with Gasteiger partial charge in [0.2, 0.25) is 0 Å². The van der Waals surface area contributed by atoms with E-state index in [2.05, 4.69) is 15.2 Å². The molecule has 0 saturated heterocycles. The second kappa shape index (κ2) is 7.77. The zero-order valence-electron chi connectivity index (χ0n) is 14.0. The Morgan fingerprint density at radius 1 is 1.12 bits per heavy atom. The molecule has 0 unspecified atom stereocenters. The predicted octanol–water partition coefficient (Wildman–Crippen LogP) is 3.71. The highest BCUT2D eigenvalue weighted by Gasteiger charge is 2.08. The van der Waals surface area contributed by atoms with Crippen molar-refractivity contribution < 1.29 is 18.3 Å². The molecular weight excluding hydrogens is 340 g/mol. The van der Waals surface area contributed by atoms with Gasteiger partial charge in [0.25, 0.3) is 5.91 Å². The molecule has 1 heterocycles. The van der Waals surface area contributed by atoms with E-state index < -0.39 is 6.61 Å². The lowest BCUT2D eigenvalue weighted by molar-refractivity contribution is -0.0498. The number of hydrogen-bond acceptors (Lipinski definition) is 3. The van der Waals surface area contributed by atoms with Crippen LogP contribution in [0.2, 0.25) is 0 Å². The minimum absolute atomic E-state index is 0.0829. The summed E-state index contributed by atoms with van der Waals surface area (Å²) in [5, 5.41) is 7.01. The molecule has 0 aliphatic heterocycles. The second-order valence-corrected chi connectivity index (χ2v) is 5.64. The number of nitrogens with zero attached hydrogens (tertiary/aromatic N) is 2. The molecule has 0 aliphatic carbocycles. The van der Waals surface area contributed by atoms with Crippen LogP contribution in [0, 0.1) is 6.92 Å². The van der Waals surface area contributed by atoms with Gasteiger partial charge in [0.05, 0.1) is 5.69 Å². The van der Waals surface area contributed by atoms with Crippen molar-refractivity contribution in [3.05, 3.63) is 77.6 Å². The molecule has 134 valence electrons. The molecule has 0 spiro atoms. The molecular formula is C19H17F2N3O2. The summed E-state index contributed by atoms with van der Waals surface area (Å²) < 4.78 is 30.3. The third-order valence-corrected chi connectivity index (χ3v) is 3.81. The normalized spacial score (nSPS) is 10.8. The fourth-order valence-electron chi connectivity index (χ4n) is 2.47. The van der Waals surface area contributed by atoms with Gasteiger partial charge in [-0.3, -0.25) is 4.79 Å². The van der Waals surface area contributed by atoms with Crippen LogP contribution in [0.4, 0.5) is 8.78 Å². The standard InChI is InChI=1S/C19H17F2N3O2/c1-13-10-11-23-24(13)16-6-4-15(5-7-16)18(25)22-12-14-2-8-17(9-3-14)26-19(20)21/h2-11,19H,12H2,1H3,(H,22,25). The third kappa shape index (κ3) is 4.24. The maximum absolute atomic E-state index is 12.2. The molecule has 5 nitrogen and oxygen atoms in total. The second-order valence-electron chi connectivity index (χ2n) is 5.64. The van der Waals surface area contributed by atoms with Gasteiger partial charge in [-0.2, -0.15) is 13.9 Å². The summed E-state index contributed by atoms with van der Waals surface area (Å²) in [4.78, 5) is 12.2. The topological polar surface area (TPSA) is 56.2 Å². The Hall–Kier alpha value is -3.22. The van der Waals surface area contributed by atoms with Gasteiger partial charge in [-0.15, -0.1) is 0 Å². The molecule has 1 amide bonds. The summed E-state index contributed by atoms with van der Waals surface area (Å²) in [5.74, 6) is -0.138. The fraction of sp³-hybridized carbons (Fsp3) is 0.158. The van der Waals surface area contributed by atoms with Gasteiger partial charge in [-0.05, 0) is 55.0 Å². The van der Waals surface area contributed by atoms with E-state index in [1.807, 2.05) is 25.1 Å². The number of carbonyl (C=O) groups is 1. The Morgan fingerprint density at radius 3 is 2.38 bits per heavy atom. The maximum atomic E-state index is 12.2. The highest BCUT2D eigenvalue weighted by atomic mass is 19.3. The summed E-state index contributed by atoms with van der Waals surface area (Å²) in [5.41, 5.74) is 3.18. The van der Waals surface area contributed by atoms with Crippen LogP contribution in [-0.4, -0.2) is 22.3 Å². The first-order chi connectivity index (χ1) is 12.5. The first kappa shape index (κ1) is 17.6. The first-order valence-electron chi connectivity index (χ1n) is 7.96. The average Bonchev–Trinajstić information content (AvgIpc) is 3.06. The summed E-state index contributed by atoms with van der Waals surface area (Å²) >= 11 is 0. The SMILES string of the molecule is Cc1ccnn1-c1ccc(C(=O)NCc2ccc(OC(F)F)cc2)cc1. The number of nitrogens with one attached hydrogen (secondary N) is 1. The molecule has 0 atom stereocenters. The van der Waals surface area contributed by atoms with Gasteiger partial charge in [-0.25, -0.2) is 4.68 Å². The van der Waals surface area contributed by atoms with Gasteiger partial charge >= 0.3 is 6.61 Å². The van der Waals surface area contributed by atoms with Gasteiger partial charge in [0.15, 0.2) is 0 Å². The van der Waals surface area contributed by atoms with Crippen molar-refractivity contribution in [3.63, 3.8) is 0 Å². The number of ether oxygens (including phenoxy) is 1. The number of alkyl halides is 2. The highest BCUT2D eigenvalue weighted by molar-refractivity contribution is 5.94. The molecule has 1 aromatic heterocycles. The number of aryl methyl sites for hydroxylation is 1. The molecule has 0 fully saturated rings. The average molecular weight is 357 g/mol. The Bertz CT molecular complexity index is 875. The van der Waals surface area contributed by atoms with Gasteiger partial charge in [0, 0.05) is 24.0 Å². The number of carbonyl (C=O) groups excluding carboxylic acids is 1. The molecule has 0 bridgehead atoms. The zero-order chi connectivity index (χ0) is 18.5. The molecule has 3 rings (SSSR count). The van der Waals surface area contributed by atoms with Crippen molar-refractivity contribution >= 4 is 5.91 Å². The van der Waals surface area contributed by atoms with Crippen molar-refractivity contribution in [2.45, 2.75) is 20.1 Å². The van der Waals surface area contributed by atoms with E-state index in [0.717, 1.165) is 16.9 Å². The van der Waals surface area contributed by atoms with Gasteiger partial charge < -0.3 is 10.1 Å². The lowest BCUT2D eigenvalue weighted by Gasteiger charge is -2.09. The minimum Gasteiger partial charge on any atom is -0.435 e.